The van der Waals surface area contributed by atoms with E-state index in [0.29, 0.717) is 17.5 Å². The van der Waals surface area contributed by atoms with Gasteiger partial charge in [0.2, 0.25) is 5.88 Å². The van der Waals surface area contributed by atoms with E-state index in [4.69, 9.17) is 16.3 Å². The maximum Gasteiger partial charge on any atom is 0.230 e. The van der Waals surface area contributed by atoms with Crippen molar-refractivity contribution in [1.82, 2.24) is 9.97 Å². The number of hydrogen-bond acceptors (Lipinski definition) is 3. The first-order valence-electron chi connectivity index (χ1n) is 4.58. The average Bonchev–Trinajstić information content (AvgIpc) is 2.28. The van der Waals surface area contributed by atoms with Crippen molar-refractivity contribution < 1.29 is 4.74 Å². The van der Waals surface area contributed by atoms with Gasteiger partial charge in [-0.3, -0.25) is 0 Å². The lowest BCUT2D eigenvalue weighted by molar-refractivity contribution is 0.291. The van der Waals surface area contributed by atoms with Crippen molar-refractivity contribution in [2.75, 3.05) is 0 Å². The van der Waals surface area contributed by atoms with Gasteiger partial charge in [-0.2, -0.15) is 0 Å². The Kier molecular flexibility index (Phi) is 3.95. The van der Waals surface area contributed by atoms with Crippen molar-refractivity contribution in [2.45, 2.75) is 6.61 Å². The quantitative estimate of drug-likeness (QED) is 0.800. The van der Waals surface area contributed by atoms with Crippen molar-refractivity contribution >= 4 is 34.2 Å². The van der Waals surface area contributed by atoms with Gasteiger partial charge in [0.05, 0.1) is 3.57 Å². The average molecular weight is 347 g/mol. The lowest BCUT2D eigenvalue weighted by Gasteiger charge is -2.06. The lowest BCUT2D eigenvalue weighted by atomic mass is 10.2. The maximum absolute atomic E-state index is 5.88. The summed E-state index contributed by atoms with van der Waals surface area (Å²) in [6.45, 7) is 0.452. The van der Waals surface area contributed by atoms with Gasteiger partial charge in [-0.1, -0.05) is 23.7 Å². The summed E-state index contributed by atoms with van der Waals surface area (Å²) >= 11 is 8.01. The van der Waals surface area contributed by atoms with E-state index in [2.05, 4.69) is 32.6 Å². The van der Waals surface area contributed by atoms with Gasteiger partial charge in [0.25, 0.3) is 0 Å². The number of halogens is 2. The Bertz CT molecular complexity index is 493. The Morgan fingerprint density at radius 1 is 1.38 bits per heavy atom. The Labute approximate surface area is 112 Å². The van der Waals surface area contributed by atoms with Crippen LogP contribution < -0.4 is 4.74 Å². The number of nitrogens with zero attached hydrogens (tertiary/aromatic N) is 2. The second-order valence-corrected chi connectivity index (χ2v) is 4.69. The SMILES string of the molecule is Clc1cccc(COc2ncncc2I)c1. The van der Waals surface area contributed by atoms with Crippen molar-refractivity contribution in [3.05, 3.63) is 50.9 Å². The van der Waals surface area contributed by atoms with E-state index in [9.17, 15) is 0 Å². The van der Waals surface area contributed by atoms with Gasteiger partial charge in [0.1, 0.15) is 12.9 Å². The Balaban J connectivity index is 2.05. The van der Waals surface area contributed by atoms with E-state index in [0.717, 1.165) is 9.13 Å². The van der Waals surface area contributed by atoms with Crippen LogP contribution in [0.5, 0.6) is 5.88 Å². The molecule has 0 saturated heterocycles. The summed E-state index contributed by atoms with van der Waals surface area (Å²) in [5, 5.41) is 0.707. The molecule has 3 nitrogen and oxygen atoms in total. The van der Waals surface area contributed by atoms with Crippen LogP contribution >= 0.6 is 34.2 Å². The number of ether oxygens (including phenoxy) is 1. The van der Waals surface area contributed by atoms with Crippen molar-refractivity contribution in [3.8, 4) is 5.88 Å². The minimum absolute atomic E-state index is 0.452. The summed E-state index contributed by atoms with van der Waals surface area (Å²) in [4.78, 5) is 7.94. The highest BCUT2D eigenvalue weighted by molar-refractivity contribution is 14.1. The van der Waals surface area contributed by atoms with Crippen LogP contribution in [0.4, 0.5) is 0 Å². The fraction of sp³-hybridized carbons (Fsp3) is 0.0909. The first kappa shape index (κ1) is 11.6. The lowest BCUT2D eigenvalue weighted by Crippen LogP contribution is -1.99. The molecule has 0 radical (unpaired) electrons. The fourth-order valence-corrected chi connectivity index (χ4v) is 1.85. The molecule has 0 aliphatic rings. The van der Waals surface area contributed by atoms with Gasteiger partial charge in [-0.25, -0.2) is 9.97 Å². The molecule has 0 unspecified atom stereocenters. The van der Waals surface area contributed by atoms with E-state index in [1.54, 1.807) is 6.20 Å². The van der Waals surface area contributed by atoms with E-state index < -0.39 is 0 Å². The normalized spacial score (nSPS) is 10.1. The molecule has 2 rings (SSSR count). The molecule has 0 atom stereocenters. The molecule has 0 amide bonds. The molecule has 0 saturated carbocycles. The minimum atomic E-state index is 0.452. The van der Waals surface area contributed by atoms with E-state index in [1.807, 2.05) is 24.3 Å². The van der Waals surface area contributed by atoms with E-state index in [1.165, 1.54) is 6.33 Å². The third-order valence-electron chi connectivity index (χ3n) is 1.90. The van der Waals surface area contributed by atoms with Gasteiger partial charge < -0.3 is 4.74 Å². The molecular weight excluding hydrogens is 338 g/mol. The summed E-state index contributed by atoms with van der Waals surface area (Å²) in [5.74, 6) is 0.593. The van der Waals surface area contributed by atoms with Crippen LogP contribution in [0.3, 0.4) is 0 Å². The summed E-state index contributed by atoms with van der Waals surface area (Å²) in [6.07, 6.45) is 3.18. The highest BCUT2D eigenvalue weighted by Crippen LogP contribution is 2.17. The molecule has 1 aromatic carbocycles. The number of rotatable bonds is 3. The second-order valence-electron chi connectivity index (χ2n) is 3.09. The molecule has 2 aromatic rings. The molecule has 0 fully saturated rings. The van der Waals surface area contributed by atoms with Crippen molar-refractivity contribution in [3.63, 3.8) is 0 Å². The smallest absolute Gasteiger partial charge is 0.230 e. The minimum Gasteiger partial charge on any atom is -0.472 e. The predicted octanol–water partition coefficient (Wildman–Crippen LogP) is 3.31. The highest BCUT2D eigenvalue weighted by Gasteiger charge is 2.02. The van der Waals surface area contributed by atoms with Gasteiger partial charge in [-0.15, -0.1) is 0 Å². The highest BCUT2D eigenvalue weighted by atomic mass is 127. The third-order valence-corrected chi connectivity index (χ3v) is 2.87. The number of benzene rings is 1. The zero-order chi connectivity index (χ0) is 11.4. The number of aromatic nitrogens is 2. The molecule has 82 valence electrons. The van der Waals surface area contributed by atoms with Crippen LogP contribution in [0, 0.1) is 3.57 Å². The molecule has 1 aromatic heterocycles. The zero-order valence-corrected chi connectivity index (χ0v) is 11.1. The van der Waals surface area contributed by atoms with Crippen LogP contribution in [-0.4, -0.2) is 9.97 Å². The van der Waals surface area contributed by atoms with Gasteiger partial charge in [0, 0.05) is 11.2 Å². The molecular formula is C11H8ClIN2O. The molecule has 0 N–H and O–H groups in total. The molecule has 1 heterocycles. The summed E-state index contributed by atoms with van der Waals surface area (Å²) in [5.41, 5.74) is 1.02. The van der Waals surface area contributed by atoms with Crippen LogP contribution in [0.15, 0.2) is 36.8 Å². The van der Waals surface area contributed by atoms with Crippen LogP contribution in [0.25, 0.3) is 0 Å². The van der Waals surface area contributed by atoms with Gasteiger partial charge in [0.15, 0.2) is 0 Å². The van der Waals surface area contributed by atoms with Crippen LogP contribution in [0.2, 0.25) is 5.02 Å². The largest absolute Gasteiger partial charge is 0.472 e. The molecule has 0 bridgehead atoms. The Hall–Kier alpha value is -0.880. The first-order chi connectivity index (χ1) is 7.75. The number of hydrogen-bond donors (Lipinski definition) is 0. The fourth-order valence-electron chi connectivity index (χ4n) is 1.19. The maximum atomic E-state index is 5.88. The zero-order valence-electron chi connectivity index (χ0n) is 8.23. The van der Waals surface area contributed by atoms with Crippen molar-refractivity contribution in [1.29, 1.82) is 0 Å². The van der Waals surface area contributed by atoms with Crippen LogP contribution in [-0.2, 0) is 6.61 Å². The monoisotopic (exact) mass is 346 g/mol. The Morgan fingerprint density at radius 2 is 2.25 bits per heavy atom. The van der Waals surface area contributed by atoms with Crippen LogP contribution in [0.1, 0.15) is 5.56 Å². The Morgan fingerprint density at radius 3 is 3.00 bits per heavy atom. The third kappa shape index (κ3) is 3.05. The molecule has 16 heavy (non-hydrogen) atoms. The standard InChI is InChI=1S/C11H8ClIN2O/c12-9-3-1-2-8(4-9)6-16-11-10(13)5-14-7-15-11/h1-5,7H,6H2. The van der Waals surface area contributed by atoms with E-state index >= 15 is 0 Å². The first-order valence-corrected chi connectivity index (χ1v) is 6.04. The van der Waals surface area contributed by atoms with Gasteiger partial charge in [-0.05, 0) is 40.3 Å². The molecule has 0 aliphatic carbocycles. The molecule has 0 aliphatic heterocycles. The van der Waals surface area contributed by atoms with E-state index in [-0.39, 0.29) is 0 Å². The summed E-state index contributed by atoms with van der Waals surface area (Å²) < 4.78 is 6.45. The van der Waals surface area contributed by atoms with Gasteiger partial charge >= 0.3 is 0 Å². The second kappa shape index (κ2) is 5.45. The molecule has 0 spiro atoms. The molecule has 5 heteroatoms. The topological polar surface area (TPSA) is 35.0 Å². The summed E-state index contributed by atoms with van der Waals surface area (Å²) in [6, 6.07) is 7.56. The predicted molar refractivity (Wildman–Crippen MR) is 70.5 cm³/mol. The van der Waals surface area contributed by atoms with Crippen molar-refractivity contribution in [2.24, 2.45) is 0 Å². The summed E-state index contributed by atoms with van der Waals surface area (Å²) in [7, 11) is 0.